The molecule has 0 spiro atoms. The highest BCUT2D eigenvalue weighted by Crippen LogP contribution is 2.21. The van der Waals surface area contributed by atoms with Gasteiger partial charge in [0, 0.05) is 0 Å². The Bertz CT molecular complexity index is 51.1. The van der Waals surface area contributed by atoms with E-state index >= 15 is 0 Å². The van der Waals surface area contributed by atoms with Crippen LogP contribution in [0, 0.1) is 5.92 Å². The van der Waals surface area contributed by atoms with Crippen molar-refractivity contribution in [1.29, 1.82) is 0 Å². The van der Waals surface area contributed by atoms with Crippen LogP contribution in [0.25, 0.3) is 0 Å². The second kappa shape index (κ2) is 13.6. The largest absolute Gasteiger partial charge is 0.0683 e. The highest BCUT2D eigenvalue weighted by atomic mass is 14.1. The quantitative estimate of drug-likeness (QED) is 0.481. The van der Waals surface area contributed by atoms with Crippen molar-refractivity contribution in [2.75, 3.05) is 0 Å². The molecule has 0 N–H and O–H groups in total. The second-order valence-corrected chi connectivity index (χ2v) is 3.45. The van der Waals surface area contributed by atoms with E-state index < -0.39 is 0 Å². The minimum atomic E-state index is 1.04. The zero-order valence-corrected chi connectivity index (χ0v) is 9.82. The van der Waals surface area contributed by atoms with E-state index in [4.69, 9.17) is 0 Å². The maximum absolute atomic E-state index is 2.36. The maximum atomic E-state index is 2.36. The molecule has 0 heteroatoms. The van der Waals surface area contributed by atoms with E-state index in [1.54, 1.807) is 0 Å². The first kappa shape index (κ1) is 14.5. The van der Waals surface area contributed by atoms with Crippen LogP contribution in [-0.2, 0) is 0 Å². The van der Waals surface area contributed by atoms with Gasteiger partial charge in [-0.15, -0.1) is 0 Å². The van der Waals surface area contributed by atoms with Crippen molar-refractivity contribution >= 4 is 0 Å². The third-order valence-corrected chi connectivity index (χ3v) is 1.89. The van der Waals surface area contributed by atoms with E-state index in [0.717, 1.165) is 5.92 Å². The van der Waals surface area contributed by atoms with Gasteiger partial charge in [-0.05, 0) is 5.92 Å². The lowest BCUT2D eigenvalue weighted by Gasteiger charge is -2.15. The summed E-state index contributed by atoms with van der Waals surface area (Å²) in [4.78, 5) is 0. The molecule has 0 unspecified atom stereocenters. The van der Waals surface area contributed by atoms with Gasteiger partial charge in [-0.25, -0.2) is 0 Å². The summed E-state index contributed by atoms with van der Waals surface area (Å²) >= 11 is 0. The van der Waals surface area contributed by atoms with Crippen LogP contribution < -0.4 is 0 Å². The monoisotopic (exact) mass is 172 g/mol. The molecule has 1 aliphatic rings. The van der Waals surface area contributed by atoms with E-state index in [1.807, 2.05) is 13.8 Å². The highest BCUT2D eigenvalue weighted by Gasteiger charge is 2.05. The maximum Gasteiger partial charge on any atom is -0.0443 e. The van der Waals surface area contributed by atoms with Crippen molar-refractivity contribution in [3.63, 3.8) is 0 Å². The molecule has 1 saturated carbocycles. The first-order chi connectivity index (χ1) is 5.81. The van der Waals surface area contributed by atoms with E-state index in [0.29, 0.717) is 0 Å². The summed E-state index contributed by atoms with van der Waals surface area (Å²) in [6.45, 7) is 10.6. The first-order valence-electron chi connectivity index (χ1n) is 5.81. The summed E-state index contributed by atoms with van der Waals surface area (Å²) in [6.07, 6.45) is 8.69. The lowest BCUT2D eigenvalue weighted by Crippen LogP contribution is -1.99. The van der Waals surface area contributed by atoms with Crippen molar-refractivity contribution in [2.24, 2.45) is 5.92 Å². The molecule has 1 aliphatic carbocycles. The van der Waals surface area contributed by atoms with Gasteiger partial charge in [-0.3, -0.25) is 0 Å². The normalized spacial score (nSPS) is 16.8. The van der Waals surface area contributed by atoms with Gasteiger partial charge in [-0.2, -0.15) is 0 Å². The number of hydrogen-bond donors (Lipinski definition) is 0. The van der Waals surface area contributed by atoms with Crippen molar-refractivity contribution in [3.8, 4) is 0 Å². The lowest BCUT2D eigenvalue weighted by molar-refractivity contribution is 0.385. The number of rotatable bonds is 0. The first-order valence-corrected chi connectivity index (χ1v) is 5.81. The van der Waals surface area contributed by atoms with Gasteiger partial charge < -0.3 is 0 Å². The van der Waals surface area contributed by atoms with Crippen LogP contribution in [0.2, 0.25) is 0 Å². The molecule has 1 rings (SSSR count). The smallest absolute Gasteiger partial charge is 0.0443 e. The SMILES string of the molecule is CC.CC1CCCCC1.CCC. The van der Waals surface area contributed by atoms with E-state index in [2.05, 4.69) is 20.8 Å². The Morgan fingerprint density at radius 2 is 1.25 bits per heavy atom. The molecule has 0 atom stereocenters. The van der Waals surface area contributed by atoms with Crippen LogP contribution >= 0.6 is 0 Å². The van der Waals surface area contributed by atoms with Crippen LogP contribution in [0.1, 0.15) is 73.1 Å². The Kier molecular flexibility index (Phi) is 16.4. The Morgan fingerprint density at radius 1 is 0.917 bits per heavy atom. The Balaban J connectivity index is 0. The standard InChI is InChI=1S/C7H14.C3H8.C2H6/c1-7-5-3-2-4-6-7;1-3-2;1-2/h7H,2-6H2,1H3;3H2,1-2H3;1-2H3. The molecule has 0 heterocycles. The molecular weight excluding hydrogens is 144 g/mol. The third-order valence-electron chi connectivity index (χ3n) is 1.89. The molecule has 0 aromatic rings. The topological polar surface area (TPSA) is 0 Å². The predicted molar refractivity (Wildman–Crippen MR) is 59.6 cm³/mol. The molecule has 0 aromatic carbocycles. The van der Waals surface area contributed by atoms with Gasteiger partial charge in [0.2, 0.25) is 0 Å². The van der Waals surface area contributed by atoms with E-state index in [-0.39, 0.29) is 0 Å². The molecule has 1 fully saturated rings. The van der Waals surface area contributed by atoms with Crippen LogP contribution in [0.3, 0.4) is 0 Å². The van der Waals surface area contributed by atoms with Crippen molar-refractivity contribution in [2.45, 2.75) is 73.1 Å². The summed E-state index contributed by atoms with van der Waals surface area (Å²) in [5, 5.41) is 0. The molecule has 0 nitrogen and oxygen atoms in total. The van der Waals surface area contributed by atoms with E-state index in [9.17, 15) is 0 Å². The van der Waals surface area contributed by atoms with E-state index in [1.165, 1.54) is 38.5 Å². The summed E-state index contributed by atoms with van der Waals surface area (Å²) < 4.78 is 0. The molecular formula is C12H28. The van der Waals surface area contributed by atoms with Gasteiger partial charge >= 0.3 is 0 Å². The molecule has 0 radical (unpaired) electrons. The highest BCUT2D eigenvalue weighted by molar-refractivity contribution is 4.59. The van der Waals surface area contributed by atoms with Crippen LogP contribution in [0.5, 0.6) is 0 Å². The summed E-state index contributed by atoms with van der Waals surface area (Å²) in [6, 6.07) is 0. The third kappa shape index (κ3) is 12.7. The van der Waals surface area contributed by atoms with Gasteiger partial charge in [0.05, 0.1) is 0 Å². The molecule has 0 saturated heterocycles. The molecule has 0 amide bonds. The molecule has 12 heavy (non-hydrogen) atoms. The summed E-state index contributed by atoms with van der Waals surface area (Å²) in [5.74, 6) is 1.04. The predicted octanol–water partition coefficient (Wildman–Crippen LogP) is 5.03. The van der Waals surface area contributed by atoms with Crippen molar-refractivity contribution < 1.29 is 0 Å². The number of hydrogen-bond acceptors (Lipinski definition) is 0. The van der Waals surface area contributed by atoms with Crippen LogP contribution in [-0.4, -0.2) is 0 Å². The Labute approximate surface area is 79.8 Å². The average Bonchev–Trinajstić information content (AvgIpc) is 2.11. The van der Waals surface area contributed by atoms with Crippen molar-refractivity contribution in [1.82, 2.24) is 0 Å². The minimum absolute atomic E-state index is 1.04. The fourth-order valence-electron chi connectivity index (χ4n) is 1.31. The van der Waals surface area contributed by atoms with Crippen molar-refractivity contribution in [3.05, 3.63) is 0 Å². The lowest BCUT2D eigenvalue weighted by atomic mass is 9.91. The zero-order chi connectivity index (χ0) is 9.82. The Hall–Kier alpha value is 0. The fraction of sp³-hybridized carbons (Fsp3) is 1.00. The minimum Gasteiger partial charge on any atom is -0.0683 e. The molecule has 76 valence electrons. The molecule has 0 aromatic heterocycles. The fourth-order valence-corrected chi connectivity index (χ4v) is 1.31. The van der Waals surface area contributed by atoms with Gasteiger partial charge in [0.25, 0.3) is 0 Å². The molecule has 0 aliphatic heterocycles. The van der Waals surface area contributed by atoms with Crippen LogP contribution in [0.15, 0.2) is 0 Å². The average molecular weight is 172 g/mol. The van der Waals surface area contributed by atoms with Gasteiger partial charge in [-0.1, -0.05) is 73.1 Å². The van der Waals surface area contributed by atoms with Crippen LogP contribution in [0.4, 0.5) is 0 Å². The zero-order valence-electron chi connectivity index (χ0n) is 9.82. The molecule has 0 bridgehead atoms. The Morgan fingerprint density at radius 3 is 1.42 bits per heavy atom. The van der Waals surface area contributed by atoms with Gasteiger partial charge in [0.1, 0.15) is 0 Å². The summed E-state index contributed by atoms with van der Waals surface area (Å²) in [5.41, 5.74) is 0. The summed E-state index contributed by atoms with van der Waals surface area (Å²) in [7, 11) is 0. The second-order valence-electron chi connectivity index (χ2n) is 3.45. The van der Waals surface area contributed by atoms with Gasteiger partial charge in [0.15, 0.2) is 0 Å².